The van der Waals surface area contributed by atoms with Crippen LogP contribution in [-0.2, 0) is 0 Å². The second-order valence-corrected chi connectivity index (χ2v) is 2.71. The Bertz CT molecular complexity index is 255. The number of nitrogens with two attached hydrogens (primary N) is 1. The summed E-state index contributed by atoms with van der Waals surface area (Å²) in [6.45, 7) is 4.02. The minimum absolute atomic E-state index is 0.895. The number of nitrogen functional groups attached to an aromatic ring is 1. The van der Waals surface area contributed by atoms with Gasteiger partial charge in [-0.1, -0.05) is 0 Å². The van der Waals surface area contributed by atoms with Crippen molar-refractivity contribution in [2.75, 3.05) is 12.5 Å². The Morgan fingerprint density at radius 1 is 1.25 bits per heavy atom. The zero-order valence-electron chi connectivity index (χ0n) is 7.64. The molecule has 0 radical (unpaired) electrons. The number of hydrogen-bond donors (Lipinski definition) is 2. The molecule has 3 nitrogen and oxygen atoms in total. The highest BCUT2D eigenvalue weighted by Gasteiger charge is 2.04. The molecule has 0 aliphatic carbocycles. The SMILES string of the molecule is COc1ccc(NN)c(C)c1C. The van der Waals surface area contributed by atoms with E-state index in [0.29, 0.717) is 0 Å². The van der Waals surface area contributed by atoms with Gasteiger partial charge < -0.3 is 10.2 Å². The van der Waals surface area contributed by atoms with Gasteiger partial charge in [0.05, 0.1) is 12.8 Å². The van der Waals surface area contributed by atoms with E-state index in [1.54, 1.807) is 7.11 Å². The first kappa shape index (κ1) is 8.87. The van der Waals surface area contributed by atoms with Crippen molar-refractivity contribution in [1.29, 1.82) is 0 Å². The maximum absolute atomic E-state index is 5.32. The molecule has 0 bridgehead atoms. The summed E-state index contributed by atoms with van der Waals surface area (Å²) in [7, 11) is 1.66. The fourth-order valence-electron chi connectivity index (χ4n) is 1.17. The Kier molecular flexibility index (Phi) is 2.55. The summed E-state index contributed by atoms with van der Waals surface area (Å²) < 4.78 is 5.16. The van der Waals surface area contributed by atoms with Crippen molar-refractivity contribution in [2.24, 2.45) is 5.84 Å². The number of nitrogens with one attached hydrogen (secondary N) is 1. The van der Waals surface area contributed by atoms with E-state index in [1.165, 1.54) is 0 Å². The van der Waals surface area contributed by atoms with E-state index >= 15 is 0 Å². The molecule has 1 aromatic carbocycles. The molecule has 0 amide bonds. The van der Waals surface area contributed by atoms with Gasteiger partial charge in [0.15, 0.2) is 0 Å². The lowest BCUT2D eigenvalue weighted by Crippen LogP contribution is -2.08. The van der Waals surface area contributed by atoms with Crippen LogP contribution in [0, 0.1) is 13.8 Å². The zero-order chi connectivity index (χ0) is 9.14. The van der Waals surface area contributed by atoms with Gasteiger partial charge in [0, 0.05) is 0 Å². The van der Waals surface area contributed by atoms with E-state index in [2.05, 4.69) is 5.43 Å². The predicted octanol–water partition coefficient (Wildman–Crippen LogP) is 1.60. The second-order valence-electron chi connectivity index (χ2n) is 2.71. The molecule has 0 aromatic heterocycles. The third-order valence-corrected chi connectivity index (χ3v) is 2.11. The van der Waals surface area contributed by atoms with Crippen molar-refractivity contribution >= 4 is 5.69 Å². The maximum Gasteiger partial charge on any atom is 0.122 e. The third kappa shape index (κ3) is 1.36. The number of hydrogen-bond acceptors (Lipinski definition) is 3. The summed E-state index contributed by atoms with van der Waals surface area (Å²) in [5.41, 5.74) is 5.81. The van der Waals surface area contributed by atoms with E-state index in [4.69, 9.17) is 10.6 Å². The van der Waals surface area contributed by atoms with Crippen LogP contribution in [0.5, 0.6) is 5.75 Å². The third-order valence-electron chi connectivity index (χ3n) is 2.11. The van der Waals surface area contributed by atoms with Crippen molar-refractivity contribution in [3.05, 3.63) is 23.3 Å². The predicted molar refractivity (Wildman–Crippen MR) is 50.3 cm³/mol. The molecule has 0 fully saturated rings. The lowest BCUT2D eigenvalue weighted by atomic mass is 10.1. The van der Waals surface area contributed by atoms with Crippen molar-refractivity contribution in [2.45, 2.75) is 13.8 Å². The summed E-state index contributed by atoms with van der Waals surface area (Å²) >= 11 is 0. The molecule has 0 heterocycles. The molecule has 3 N–H and O–H groups in total. The number of benzene rings is 1. The van der Waals surface area contributed by atoms with Crippen LogP contribution >= 0.6 is 0 Å². The van der Waals surface area contributed by atoms with Gasteiger partial charge in [0.2, 0.25) is 0 Å². The standard InChI is InChI=1S/C9H14N2O/c1-6-7(2)9(12-3)5-4-8(6)11-10/h4-5,11H,10H2,1-3H3. The lowest BCUT2D eigenvalue weighted by Gasteiger charge is -2.11. The van der Waals surface area contributed by atoms with Crippen molar-refractivity contribution in [3.8, 4) is 5.75 Å². The summed E-state index contributed by atoms with van der Waals surface area (Å²) in [4.78, 5) is 0. The molecule has 0 atom stereocenters. The molecule has 0 unspecified atom stereocenters. The quantitative estimate of drug-likeness (QED) is 0.518. The molecule has 66 valence electrons. The molecule has 0 spiro atoms. The first-order valence-corrected chi connectivity index (χ1v) is 3.81. The molecular weight excluding hydrogens is 152 g/mol. The summed E-state index contributed by atoms with van der Waals surface area (Å²) in [6.07, 6.45) is 0. The highest BCUT2D eigenvalue weighted by molar-refractivity contribution is 5.57. The number of methoxy groups -OCH3 is 1. The topological polar surface area (TPSA) is 47.3 Å². The Morgan fingerprint density at radius 3 is 2.42 bits per heavy atom. The van der Waals surface area contributed by atoms with Crippen molar-refractivity contribution in [1.82, 2.24) is 0 Å². The number of ether oxygens (including phenoxy) is 1. The molecule has 0 aliphatic heterocycles. The molecule has 0 saturated carbocycles. The summed E-state index contributed by atoms with van der Waals surface area (Å²) in [5, 5.41) is 0. The van der Waals surface area contributed by atoms with Gasteiger partial charge in [0.1, 0.15) is 5.75 Å². The van der Waals surface area contributed by atoms with Gasteiger partial charge in [0.25, 0.3) is 0 Å². The molecule has 0 saturated heterocycles. The van der Waals surface area contributed by atoms with Crippen LogP contribution in [0.4, 0.5) is 5.69 Å². The molecule has 0 aliphatic rings. The number of rotatable bonds is 2. The minimum atomic E-state index is 0.895. The van der Waals surface area contributed by atoms with Crippen LogP contribution < -0.4 is 16.0 Å². The van der Waals surface area contributed by atoms with E-state index < -0.39 is 0 Å². The summed E-state index contributed by atoms with van der Waals surface area (Å²) in [6, 6.07) is 3.80. The van der Waals surface area contributed by atoms with Gasteiger partial charge in [-0.25, -0.2) is 0 Å². The average molecular weight is 166 g/mol. The van der Waals surface area contributed by atoms with Crippen LogP contribution in [0.15, 0.2) is 12.1 Å². The largest absolute Gasteiger partial charge is 0.496 e. The van der Waals surface area contributed by atoms with Crippen LogP contribution in [-0.4, -0.2) is 7.11 Å². The fraction of sp³-hybridized carbons (Fsp3) is 0.333. The maximum atomic E-state index is 5.32. The Labute approximate surface area is 72.5 Å². The van der Waals surface area contributed by atoms with Crippen LogP contribution in [0.1, 0.15) is 11.1 Å². The van der Waals surface area contributed by atoms with Crippen molar-refractivity contribution in [3.63, 3.8) is 0 Å². The van der Waals surface area contributed by atoms with Gasteiger partial charge in [-0.15, -0.1) is 0 Å². The highest BCUT2D eigenvalue weighted by atomic mass is 16.5. The first-order chi connectivity index (χ1) is 5.70. The molecule has 12 heavy (non-hydrogen) atoms. The van der Waals surface area contributed by atoms with Gasteiger partial charge in [-0.3, -0.25) is 5.84 Å². The normalized spacial score (nSPS) is 9.67. The molecule has 1 rings (SSSR count). The monoisotopic (exact) mass is 166 g/mol. The number of anilines is 1. The van der Waals surface area contributed by atoms with Gasteiger partial charge >= 0.3 is 0 Å². The lowest BCUT2D eigenvalue weighted by molar-refractivity contribution is 0.411. The first-order valence-electron chi connectivity index (χ1n) is 3.81. The zero-order valence-corrected chi connectivity index (χ0v) is 7.64. The van der Waals surface area contributed by atoms with Gasteiger partial charge in [-0.05, 0) is 37.1 Å². The van der Waals surface area contributed by atoms with Crippen LogP contribution in [0.25, 0.3) is 0 Å². The minimum Gasteiger partial charge on any atom is -0.496 e. The fourth-order valence-corrected chi connectivity index (χ4v) is 1.17. The molecule has 3 heteroatoms. The molecule has 1 aromatic rings. The van der Waals surface area contributed by atoms with Crippen molar-refractivity contribution < 1.29 is 4.74 Å². The highest BCUT2D eigenvalue weighted by Crippen LogP contribution is 2.26. The van der Waals surface area contributed by atoms with E-state index in [-0.39, 0.29) is 0 Å². The van der Waals surface area contributed by atoms with Crippen LogP contribution in [0.3, 0.4) is 0 Å². The van der Waals surface area contributed by atoms with E-state index in [0.717, 1.165) is 22.6 Å². The number of hydrazine groups is 1. The Balaban J connectivity index is 3.20. The Morgan fingerprint density at radius 2 is 1.92 bits per heavy atom. The second kappa shape index (κ2) is 3.45. The van der Waals surface area contributed by atoms with E-state index in [1.807, 2.05) is 26.0 Å². The average Bonchev–Trinajstić information content (AvgIpc) is 2.10. The smallest absolute Gasteiger partial charge is 0.122 e. The van der Waals surface area contributed by atoms with Crippen LogP contribution in [0.2, 0.25) is 0 Å². The van der Waals surface area contributed by atoms with E-state index in [9.17, 15) is 0 Å². The Hall–Kier alpha value is -1.22. The summed E-state index contributed by atoms with van der Waals surface area (Å²) in [5.74, 6) is 6.22. The van der Waals surface area contributed by atoms with Gasteiger partial charge in [-0.2, -0.15) is 0 Å². The molecular formula is C9H14N2O.